The Morgan fingerprint density at radius 2 is 1.95 bits per heavy atom. The molecule has 0 fully saturated rings. The fraction of sp³-hybridized carbons (Fsp3) is 0.143. The number of hydrogen-bond acceptors (Lipinski definition) is 3. The molecular formula is C14H12INO3S. The lowest BCUT2D eigenvalue weighted by atomic mass is 10.0. The van der Waals surface area contributed by atoms with Gasteiger partial charge in [-0.1, -0.05) is 18.2 Å². The number of aromatic hydroxyl groups is 1. The van der Waals surface area contributed by atoms with Crippen LogP contribution in [0.2, 0.25) is 0 Å². The zero-order chi connectivity index (χ0) is 14.5. The van der Waals surface area contributed by atoms with Gasteiger partial charge >= 0.3 is 0 Å². The summed E-state index contributed by atoms with van der Waals surface area (Å²) in [5.74, 6) is 0.0283. The lowest BCUT2D eigenvalue weighted by Gasteiger charge is -2.19. The van der Waals surface area contributed by atoms with Gasteiger partial charge in [-0.3, -0.25) is 4.31 Å². The number of benzene rings is 2. The van der Waals surface area contributed by atoms with Gasteiger partial charge in [-0.2, -0.15) is 0 Å². The summed E-state index contributed by atoms with van der Waals surface area (Å²) < 4.78 is 27.4. The van der Waals surface area contributed by atoms with Gasteiger partial charge in [0.15, 0.2) is 0 Å². The number of hydrogen-bond donors (Lipinski definition) is 1. The zero-order valence-electron chi connectivity index (χ0n) is 10.7. The lowest BCUT2D eigenvalue weighted by molar-refractivity contribution is 0.466. The second kappa shape index (κ2) is 4.63. The molecule has 2 aromatic carbocycles. The van der Waals surface area contributed by atoms with Crippen LogP contribution in [0.15, 0.2) is 41.3 Å². The van der Waals surface area contributed by atoms with E-state index >= 15 is 0 Å². The van der Waals surface area contributed by atoms with Crippen LogP contribution in [0.1, 0.15) is 11.1 Å². The van der Waals surface area contributed by atoms with Crippen LogP contribution in [-0.2, 0) is 16.4 Å². The van der Waals surface area contributed by atoms with Crippen molar-refractivity contribution in [2.75, 3.05) is 11.4 Å². The molecule has 0 spiro atoms. The Morgan fingerprint density at radius 1 is 1.25 bits per heavy atom. The number of halogens is 1. The highest BCUT2D eigenvalue weighted by Crippen LogP contribution is 2.38. The molecule has 1 aliphatic heterocycles. The van der Waals surface area contributed by atoms with E-state index in [1.54, 1.807) is 25.2 Å². The Hall–Kier alpha value is -1.28. The molecule has 0 radical (unpaired) electrons. The summed E-state index contributed by atoms with van der Waals surface area (Å²) in [5, 5.41) is 10.1. The fourth-order valence-electron chi connectivity index (χ4n) is 2.44. The van der Waals surface area contributed by atoms with E-state index in [2.05, 4.69) is 0 Å². The predicted molar refractivity (Wildman–Crippen MR) is 85.7 cm³/mol. The molecule has 0 bridgehead atoms. The van der Waals surface area contributed by atoms with Crippen molar-refractivity contribution in [1.82, 2.24) is 0 Å². The van der Waals surface area contributed by atoms with Gasteiger partial charge in [0.05, 0.1) is 10.6 Å². The van der Waals surface area contributed by atoms with Gasteiger partial charge in [0.25, 0.3) is 10.0 Å². The Labute approximate surface area is 131 Å². The minimum Gasteiger partial charge on any atom is -0.508 e. The normalized spacial score (nSPS) is 16.2. The standard InChI is InChI=1S/C14H12INO3S/c1-16-12-5-3-2-4-9(12)6-11-13(17)7-10(15)8-14(11)20(16,18)19/h2-5,7-8,17H,6H2,1H3. The maximum atomic E-state index is 12.7. The zero-order valence-corrected chi connectivity index (χ0v) is 13.6. The first-order chi connectivity index (χ1) is 9.41. The highest BCUT2D eigenvalue weighted by atomic mass is 127. The van der Waals surface area contributed by atoms with E-state index in [1.165, 1.54) is 4.31 Å². The molecule has 1 N–H and O–H groups in total. The molecule has 2 aromatic rings. The number of phenolic OH excluding ortho intramolecular Hbond substituents is 1. The van der Waals surface area contributed by atoms with E-state index in [0.717, 1.165) is 5.56 Å². The SMILES string of the molecule is CN1c2ccccc2Cc2c(O)cc(I)cc2S1(=O)=O. The van der Waals surface area contributed by atoms with Gasteiger partial charge < -0.3 is 5.11 Å². The molecular weight excluding hydrogens is 389 g/mol. The number of fused-ring (bicyclic) bond motifs is 2. The number of sulfonamides is 1. The summed E-state index contributed by atoms with van der Waals surface area (Å²) in [7, 11) is -2.11. The second-order valence-corrected chi connectivity index (χ2v) is 7.86. The van der Waals surface area contributed by atoms with Crippen molar-refractivity contribution in [3.8, 4) is 5.75 Å². The summed E-state index contributed by atoms with van der Waals surface area (Å²) in [6, 6.07) is 10.5. The molecule has 0 unspecified atom stereocenters. The first-order valence-corrected chi connectivity index (χ1v) is 8.51. The van der Waals surface area contributed by atoms with E-state index in [-0.39, 0.29) is 10.6 Å². The van der Waals surface area contributed by atoms with Crippen LogP contribution in [-0.4, -0.2) is 20.6 Å². The Balaban J connectivity index is 2.39. The first-order valence-electron chi connectivity index (χ1n) is 5.99. The van der Waals surface area contributed by atoms with E-state index in [1.807, 2.05) is 40.8 Å². The number of para-hydroxylation sites is 1. The van der Waals surface area contributed by atoms with Crippen molar-refractivity contribution in [2.45, 2.75) is 11.3 Å². The van der Waals surface area contributed by atoms with E-state index in [4.69, 9.17) is 0 Å². The average Bonchev–Trinajstić information content (AvgIpc) is 2.48. The molecule has 0 amide bonds. The van der Waals surface area contributed by atoms with Crippen molar-refractivity contribution >= 4 is 38.3 Å². The monoisotopic (exact) mass is 401 g/mol. The molecule has 0 saturated heterocycles. The molecule has 0 aliphatic carbocycles. The van der Waals surface area contributed by atoms with Crippen LogP contribution in [0.4, 0.5) is 5.69 Å². The summed E-state index contributed by atoms with van der Waals surface area (Å²) in [5.41, 5.74) is 1.99. The third kappa shape index (κ3) is 1.98. The Bertz CT molecular complexity index is 802. The molecule has 1 heterocycles. The van der Waals surface area contributed by atoms with E-state index < -0.39 is 10.0 Å². The van der Waals surface area contributed by atoms with Crippen LogP contribution in [0.5, 0.6) is 5.75 Å². The smallest absolute Gasteiger partial charge is 0.264 e. The minimum absolute atomic E-state index is 0.0283. The van der Waals surface area contributed by atoms with Gasteiger partial charge in [0, 0.05) is 22.6 Å². The molecule has 1 aliphatic rings. The summed E-state index contributed by atoms with van der Waals surface area (Å²) in [6.45, 7) is 0. The molecule has 4 nitrogen and oxygen atoms in total. The topological polar surface area (TPSA) is 57.6 Å². The summed E-state index contributed by atoms with van der Waals surface area (Å²) >= 11 is 2.00. The molecule has 20 heavy (non-hydrogen) atoms. The third-order valence-corrected chi connectivity index (χ3v) is 5.95. The van der Waals surface area contributed by atoms with Crippen LogP contribution in [0.3, 0.4) is 0 Å². The van der Waals surface area contributed by atoms with Crippen molar-refractivity contribution in [3.63, 3.8) is 0 Å². The van der Waals surface area contributed by atoms with Crippen LogP contribution < -0.4 is 4.31 Å². The van der Waals surface area contributed by atoms with Crippen LogP contribution >= 0.6 is 22.6 Å². The van der Waals surface area contributed by atoms with Crippen molar-refractivity contribution < 1.29 is 13.5 Å². The number of nitrogens with zero attached hydrogens (tertiary/aromatic N) is 1. The molecule has 104 valence electrons. The van der Waals surface area contributed by atoms with Gasteiger partial charge in [-0.15, -0.1) is 0 Å². The average molecular weight is 401 g/mol. The lowest BCUT2D eigenvalue weighted by Crippen LogP contribution is -2.26. The van der Waals surface area contributed by atoms with Crippen molar-refractivity contribution in [3.05, 3.63) is 51.1 Å². The molecule has 0 saturated carbocycles. The summed E-state index contributed by atoms with van der Waals surface area (Å²) in [4.78, 5) is 0.181. The van der Waals surface area contributed by atoms with Crippen molar-refractivity contribution in [2.24, 2.45) is 0 Å². The van der Waals surface area contributed by atoms with Crippen LogP contribution in [0.25, 0.3) is 0 Å². The Kier molecular flexibility index (Phi) is 3.17. The molecule has 3 rings (SSSR count). The highest BCUT2D eigenvalue weighted by molar-refractivity contribution is 14.1. The first kappa shape index (κ1) is 13.7. The van der Waals surface area contributed by atoms with E-state index in [0.29, 0.717) is 21.2 Å². The minimum atomic E-state index is -3.65. The predicted octanol–water partition coefficient (Wildman–Crippen LogP) is 2.73. The highest BCUT2D eigenvalue weighted by Gasteiger charge is 2.31. The van der Waals surface area contributed by atoms with Gasteiger partial charge in [-0.25, -0.2) is 8.42 Å². The number of anilines is 1. The maximum absolute atomic E-state index is 12.7. The second-order valence-electron chi connectivity index (χ2n) is 4.68. The summed E-state index contributed by atoms with van der Waals surface area (Å²) in [6.07, 6.45) is 0.401. The molecule has 0 atom stereocenters. The number of phenols is 1. The fourth-order valence-corrected chi connectivity index (χ4v) is 4.75. The van der Waals surface area contributed by atoms with E-state index in [9.17, 15) is 13.5 Å². The van der Waals surface area contributed by atoms with Crippen LogP contribution in [0, 0.1) is 3.57 Å². The quantitative estimate of drug-likeness (QED) is 0.691. The molecule has 6 heteroatoms. The number of rotatable bonds is 0. The largest absolute Gasteiger partial charge is 0.508 e. The van der Waals surface area contributed by atoms with Gasteiger partial charge in [0.2, 0.25) is 0 Å². The van der Waals surface area contributed by atoms with Crippen molar-refractivity contribution in [1.29, 1.82) is 0 Å². The van der Waals surface area contributed by atoms with Gasteiger partial charge in [-0.05, 0) is 46.4 Å². The Morgan fingerprint density at radius 3 is 2.70 bits per heavy atom. The van der Waals surface area contributed by atoms with Gasteiger partial charge in [0.1, 0.15) is 5.75 Å². The third-order valence-electron chi connectivity index (χ3n) is 3.49. The maximum Gasteiger partial charge on any atom is 0.264 e. The molecule has 0 aromatic heterocycles.